The first-order valence-electron chi connectivity index (χ1n) is 6.36. The van der Waals surface area contributed by atoms with Crippen LogP contribution in [0.3, 0.4) is 0 Å². The molecule has 4 heteroatoms. The maximum Gasteiger partial charge on any atom is 0.255 e. The monoisotopic (exact) mass is 329 g/mol. The molecule has 18 heavy (non-hydrogen) atoms. The van der Waals surface area contributed by atoms with Crippen LogP contribution in [0.25, 0.3) is 0 Å². The van der Waals surface area contributed by atoms with Gasteiger partial charge in [-0.15, -0.1) is 0 Å². The van der Waals surface area contributed by atoms with Gasteiger partial charge in [-0.2, -0.15) is 0 Å². The quantitative estimate of drug-likeness (QED) is 0.785. The number of nitrogens with zero attached hydrogens (tertiary/aromatic N) is 1. The Bertz CT molecular complexity index is 445. The number of benzene rings is 1. The van der Waals surface area contributed by atoms with Gasteiger partial charge >= 0.3 is 0 Å². The molecule has 0 spiro atoms. The van der Waals surface area contributed by atoms with Gasteiger partial charge in [-0.05, 0) is 43.4 Å². The zero-order valence-electron chi connectivity index (χ0n) is 10.5. The third-order valence-corrected chi connectivity index (χ3v) is 3.94. The standard InChI is InChI=1S/C14H17BrClNO/c1-2-7-17(9-10-3-4-10)14(18)12-8-11(15)5-6-13(12)16/h5-6,8,10H,2-4,7,9H2,1H3. The first-order chi connectivity index (χ1) is 8.61. The first-order valence-corrected chi connectivity index (χ1v) is 7.53. The van der Waals surface area contributed by atoms with Crippen LogP contribution in [0.5, 0.6) is 0 Å². The minimum atomic E-state index is 0.0510. The van der Waals surface area contributed by atoms with E-state index in [2.05, 4.69) is 22.9 Å². The number of carbonyl (C=O) groups is 1. The summed E-state index contributed by atoms with van der Waals surface area (Å²) >= 11 is 9.51. The van der Waals surface area contributed by atoms with E-state index in [1.807, 2.05) is 11.0 Å². The maximum atomic E-state index is 12.5. The number of carbonyl (C=O) groups excluding carboxylic acids is 1. The number of halogens is 2. The van der Waals surface area contributed by atoms with Crippen LogP contribution in [0.1, 0.15) is 36.5 Å². The van der Waals surface area contributed by atoms with Gasteiger partial charge in [-0.1, -0.05) is 34.5 Å². The van der Waals surface area contributed by atoms with Crippen LogP contribution >= 0.6 is 27.5 Å². The fourth-order valence-corrected chi connectivity index (χ4v) is 2.55. The first kappa shape index (κ1) is 13.9. The van der Waals surface area contributed by atoms with Gasteiger partial charge in [0.15, 0.2) is 0 Å². The maximum absolute atomic E-state index is 12.5. The summed E-state index contributed by atoms with van der Waals surface area (Å²) in [4.78, 5) is 14.4. The van der Waals surface area contributed by atoms with Crippen molar-refractivity contribution in [2.75, 3.05) is 13.1 Å². The number of hydrogen-bond acceptors (Lipinski definition) is 1. The molecule has 0 bridgehead atoms. The van der Waals surface area contributed by atoms with Crippen LogP contribution in [0, 0.1) is 5.92 Å². The van der Waals surface area contributed by atoms with Crippen LogP contribution in [-0.4, -0.2) is 23.9 Å². The Morgan fingerprint density at radius 2 is 2.22 bits per heavy atom. The highest BCUT2D eigenvalue weighted by Gasteiger charge is 2.27. The van der Waals surface area contributed by atoms with Crippen LogP contribution in [0.15, 0.2) is 22.7 Å². The van der Waals surface area contributed by atoms with Gasteiger partial charge in [0.1, 0.15) is 0 Å². The van der Waals surface area contributed by atoms with Gasteiger partial charge in [-0.25, -0.2) is 0 Å². The van der Waals surface area contributed by atoms with Crippen molar-refractivity contribution in [1.82, 2.24) is 4.90 Å². The second-order valence-corrected chi connectivity index (χ2v) is 6.14. The Balaban J connectivity index is 2.17. The fourth-order valence-electron chi connectivity index (χ4n) is 1.99. The number of rotatable bonds is 5. The molecular weight excluding hydrogens is 314 g/mol. The van der Waals surface area contributed by atoms with E-state index in [1.165, 1.54) is 12.8 Å². The van der Waals surface area contributed by atoms with Gasteiger partial charge in [0.05, 0.1) is 10.6 Å². The zero-order chi connectivity index (χ0) is 13.1. The van der Waals surface area contributed by atoms with Crippen LogP contribution < -0.4 is 0 Å². The highest BCUT2D eigenvalue weighted by Crippen LogP contribution is 2.31. The van der Waals surface area contributed by atoms with E-state index >= 15 is 0 Å². The average molecular weight is 331 g/mol. The second kappa shape index (κ2) is 6.07. The summed E-state index contributed by atoms with van der Waals surface area (Å²) < 4.78 is 0.887. The number of hydrogen-bond donors (Lipinski definition) is 0. The van der Waals surface area contributed by atoms with Crippen LogP contribution in [0.2, 0.25) is 5.02 Å². The molecule has 0 heterocycles. The molecule has 2 nitrogen and oxygen atoms in total. The predicted octanol–water partition coefficient (Wildman–Crippen LogP) is 4.36. The van der Waals surface area contributed by atoms with Crippen molar-refractivity contribution < 1.29 is 4.79 Å². The Kier molecular flexibility index (Phi) is 4.68. The molecule has 0 unspecified atom stereocenters. The highest BCUT2D eigenvalue weighted by atomic mass is 79.9. The summed E-state index contributed by atoms with van der Waals surface area (Å²) in [6.07, 6.45) is 3.48. The van der Waals surface area contributed by atoms with Gasteiger partial charge in [-0.3, -0.25) is 4.79 Å². The van der Waals surface area contributed by atoms with Crippen molar-refractivity contribution in [1.29, 1.82) is 0 Å². The largest absolute Gasteiger partial charge is 0.338 e. The summed E-state index contributed by atoms with van der Waals surface area (Å²) in [6.45, 7) is 3.77. The molecular formula is C14H17BrClNO. The lowest BCUT2D eigenvalue weighted by Gasteiger charge is -2.22. The molecule has 98 valence electrons. The lowest BCUT2D eigenvalue weighted by atomic mass is 10.2. The highest BCUT2D eigenvalue weighted by molar-refractivity contribution is 9.10. The third kappa shape index (κ3) is 3.48. The third-order valence-electron chi connectivity index (χ3n) is 3.12. The molecule has 0 aromatic heterocycles. The summed E-state index contributed by atoms with van der Waals surface area (Å²) in [5, 5.41) is 0.528. The minimum Gasteiger partial charge on any atom is -0.338 e. The van der Waals surface area contributed by atoms with Crippen molar-refractivity contribution in [3.05, 3.63) is 33.3 Å². The lowest BCUT2D eigenvalue weighted by molar-refractivity contribution is 0.0748. The van der Waals surface area contributed by atoms with E-state index in [0.717, 1.165) is 24.0 Å². The van der Waals surface area contributed by atoms with Gasteiger partial charge < -0.3 is 4.90 Å². The number of amides is 1. The molecule has 0 atom stereocenters. The molecule has 2 rings (SSSR count). The van der Waals surface area contributed by atoms with Gasteiger partial charge in [0.2, 0.25) is 0 Å². The van der Waals surface area contributed by atoms with Crippen molar-refractivity contribution >= 4 is 33.4 Å². The van der Waals surface area contributed by atoms with E-state index in [9.17, 15) is 4.79 Å². The molecule has 1 aliphatic rings. The van der Waals surface area contributed by atoms with Crippen molar-refractivity contribution in [3.8, 4) is 0 Å². The van der Waals surface area contributed by atoms with E-state index < -0.39 is 0 Å². The van der Waals surface area contributed by atoms with Crippen LogP contribution in [-0.2, 0) is 0 Å². The normalized spacial score (nSPS) is 14.6. The SMILES string of the molecule is CCCN(CC1CC1)C(=O)c1cc(Br)ccc1Cl. The molecule has 1 aromatic rings. The molecule has 0 aliphatic heterocycles. The molecule has 1 aromatic carbocycles. The van der Waals surface area contributed by atoms with E-state index in [4.69, 9.17) is 11.6 Å². The molecule has 1 amide bonds. The topological polar surface area (TPSA) is 20.3 Å². The minimum absolute atomic E-state index is 0.0510. The van der Waals surface area contributed by atoms with Gasteiger partial charge in [0.25, 0.3) is 5.91 Å². The average Bonchev–Trinajstić information content (AvgIpc) is 3.15. The summed E-state index contributed by atoms with van der Waals surface area (Å²) in [5.41, 5.74) is 0.597. The predicted molar refractivity (Wildman–Crippen MR) is 78.1 cm³/mol. The molecule has 1 saturated carbocycles. The molecule has 0 N–H and O–H groups in total. The Morgan fingerprint density at radius 3 is 2.83 bits per heavy atom. The Hall–Kier alpha value is -0.540. The fraction of sp³-hybridized carbons (Fsp3) is 0.500. The van der Waals surface area contributed by atoms with E-state index in [0.29, 0.717) is 16.5 Å². The smallest absolute Gasteiger partial charge is 0.255 e. The van der Waals surface area contributed by atoms with E-state index in [1.54, 1.807) is 12.1 Å². The summed E-state index contributed by atoms with van der Waals surface area (Å²) in [6, 6.07) is 5.42. The van der Waals surface area contributed by atoms with Gasteiger partial charge in [0, 0.05) is 17.6 Å². The van der Waals surface area contributed by atoms with Crippen molar-refractivity contribution in [3.63, 3.8) is 0 Å². The lowest BCUT2D eigenvalue weighted by Crippen LogP contribution is -2.33. The van der Waals surface area contributed by atoms with Crippen molar-refractivity contribution in [2.24, 2.45) is 5.92 Å². The summed E-state index contributed by atoms with van der Waals surface area (Å²) in [5.74, 6) is 0.751. The van der Waals surface area contributed by atoms with Crippen molar-refractivity contribution in [2.45, 2.75) is 26.2 Å². The molecule has 1 fully saturated rings. The second-order valence-electron chi connectivity index (χ2n) is 4.82. The van der Waals surface area contributed by atoms with E-state index in [-0.39, 0.29) is 5.91 Å². The Morgan fingerprint density at radius 1 is 1.50 bits per heavy atom. The summed E-state index contributed by atoms with van der Waals surface area (Å²) in [7, 11) is 0. The Labute approximate surface area is 121 Å². The zero-order valence-corrected chi connectivity index (χ0v) is 12.8. The molecule has 1 aliphatic carbocycles. The molecule has 0 radical (unpaired) electrons. The van der Waals surface area contributed by atoms with Crippen LogP contribution in [0.4, 0.5) is 0 Å². The molecule has 0 saturated heterocycles.